The number of carbonyl (C=O) groups is 2. The van der Waals surface area contributed by atoms with Crippen molar-refractivity contribution in [1.82, 2.24) is 25.4 Å². The maximum Gasteiger partial charge on any atom is 0.274 e. The van der Waals surface area contributed by atoms with E-state index in [1.807, 2.05) is 6.07 Å². The lowest BCUT2D eigenvalue weighted by Gasteiger charge is -2.26. The number of morpholine rings is 1. The zero-order valence-electron chi connectivity index (χ0n) is 19.9. The Morgan fingerprint density at radius 2 is 2.00 bits per heavy atom. The Balaban J connectivity index is 1.19. The molecule has 5 rings (SSSR count). The predicted octanol–water partition coefficient (Wildman–Crippen LogP) is 2.38. The van der Waals surface area contributed by atoms with Gasteiger partial charge in [-0.1, -0.05) is 11.6 Å². The van der Waals surface area contributed by atoms with Crippen LogP contribution in [0.25, 0.3) is 17.3 Å². The van der Waals surface area contributed by atoms with Gasteiger partial charge in [0.05, 0.1) is 30.5 Å². The summed E-state index contributed by atoms with van der Waals surface area (Å²) in [5, 5.41) is 11.7. The van der Waals surface area contributed by atoms with Crippen molar-refractivity contribution in [2.75, 3.05) is 38.6 Å². The fourth-order valence-electron chi connectivity index (χ4n) is 4.14. The fraction of sp³-hybridized carbons (Fsp3) is 0.269. The maximum absolute atomic E-state index is 12.6. The third kappa shape index (κ3) is 5.87. The van der Waals surface area contributed by atoms with Crippen LogP contribution in [0.1, 0.15) is 21.6 Å². The lowest BCUT2D eigenvalue weighted by molar-refractivity contribution is -0.116. The highest BCUT2D eigenvalue weighted by Gasteiger charge is 2.27. The van der Waals surface area contributed by atoms with Crippen LogP contribution >= 0.6 is 11.6 Å². The fourth-order valence-corrected chi connectivity index (χ4v) is 4.42. The van der Waals surface area contributed by atoms with Gasteiger partial charge in [-0.05, 0) is 48.0 Å². The third-order valence-corrected chi connectivity index (χ3v) is 6.35. The van der Waals surface area contributed by atoms with Crippen molar-refractivity contribution in [2.24, 2.45) is 0 Å². The Labute approximate surface area is 218 Å². The second-order valence-electron chi connectivity index (χ2n) is 8.69. The Bertz CT molecular complexity index is 1320. The standard InChI is InChI=1S/C26H25ClN6O4/c27-20-13-17(21-3-4-22(32-31-21)26(35)33-7-9-36-10-8-33)11-18-12-19(37-25(18)20)15-30-24(34)6-2-16-1-5-23(28)29-14-16/h1-6,11,13-14,19H,7-10,12,15H2,(H2,28,29)(H,30,34)/b6-2+. The van der Waals surface area contributed by atoms with Gasteiger partial charge in [0, 0.05) is 42.9 Å². The van der Waals surface area contributed by atoms with Gasteiger partial charge < -0.3 is 25.4 Å². The molecule has 0 spiro atoms. The smallest absolute Gasteiger partial charge is 0.274 e. The molecule has 0 aliphatic carbocycles. The van der Waals surface area contributed by atoms with Gasteiger partial charge >= 0.3 is 0 Å². The number of ether oxygens (including phenoxy) is 2. The number of anilines is 1. The van der Waals surface area contributed by atoms with Crippen molar-refractivity contribution < 1.29 is 19.1 Å². The van der Waals surface area contributed by atoms with Gasteiger partial charge in [-0.3, -0.25) is 9.59 Å². The zero-order chi connectivity index (χ0) is 25.8. The Kier molecular flexibility index (Phi) is 7.29. The number of hydrogen-bond donors (Lipinski definition) is 2. The van der Waals surface area contributed by atoms with Gasteiger partial charge in [-0.25, -0.2) is 4.98 Å². The van der Waals surface area contributed by atoms with Crippen molar-refractivity contribution in [2.45, 2.75) is 12.5 Å². The summed E-state index contributed by atoms with van der Waals surface area (Å²) in [4.78, 5) is 30.5. The van der Waals surface area contributed by atoms with Crippen LogP contribution in [0.4, 0.5) is 5.82 Å². The minimum atomic E-state index is -0.252. The molecule has 2 amide bonds. The number of fused-ring (bicyclic) bond motifs is 1. The molecule has 1 unspecified atom stereocenters. The first-order valence-electron chi connectivity index (χ1n) is 11.8. The summed E-state index contributed by atoms with van der Waals surface area (Å²) < 4.78 is 11.3. The summed E-state index contributed by atoms with van der Waals surface area (Å²) in [5.74, 6) is 0.613. The van der Waals surface area contributed by atoms with Gasteiger partial charge in [0.15, 0.2) is 5.69 Å². The summed E-state index contributed by atoms with van der Waals surface area (Å²) in [5.41, 5.74) is 8.92. The molecule has 10 nitrogen and oxygen atoms in total. The highest BCUT2D eigenvalue weighted by molar-refractivity contribution is 6.32. The van der Waals surface area contributed by atoms with Crippen LogP contribution in [0.5, 0.6) is 5.75 Å². The second-order valence-corrected chi connectivity index (χ2v) is 9.10. The first kappa shape index (κ1) is 24.7. The lowest BCUT2D eigenvalue weighted by Crippen LogP contribution is -2.41. The average molecular weight is 521 g/mol. The van der Waals surface area contributed by atoms with Gasteiger partial charge in [-0.15, -0.1) is 10.2 Å². The van der Waals surface area contributed by atoms with E-state index in [-0.39, 0.29) is 17.9 Å². The van der Waals surface area contributed by atoms with Crippen LogP contribution < -0.4 is 15.8 Å². The van der Waals surface area contributed by atoms with E-state index < -0.39 is 0 Å². The van der Waals surface area contributed by atoms with Crippen LogP contribution in [-0.2, 0) is 16.0 Å². The van der Waals surface area contributed by atoms with E-state index in [4.69, 9.17) is 26.8 Å². The number of nitrogens with two attached hydrogens (primary N) is 1. The topological polar surface area (TPSA) is 133 Å². The molecular formula is C26H25ClN6O4. The summed E-state index contributed by atoms with van der Waals surface area (Å²) in [6.07, 6.45) is 5.02. The van der Waals surface area contributed by atoms with E-state index in [9.17, 15) is 9.59 Å². The van der Waals surface area contributed by atoms with Gasteiger partial charge in [0.1, 0.15) is 17.7 Å². The molecule has 3 N–H and O–H groups in total. The molecule has 2 aliphatic rings. The highest BCUT2D eigenvalue weighted by Crippen LogP contribution is 2.39. The summed E-state index contributed by atoms with van der Waals surface area (Å²) >= 11 is 6.51. The Morgan fingerprint density at radius 3 is 2.73 bits per heavy atom. The molecule has 3 aromatic rings. The van der Waals surface area contributed by atoms with Crippen molar-refractivity contribution in [3.63, 3.8) is 0 Å². The predicted molar refractivity (Wildman–Crippen MR) is 138 cm³/mol. The Hall–Kier alpha value is -4.02. The van der Waals surface area contributed by atoms with Gasteiger partial charge in [-0.2, -0.15) is 0 Å². The molecule has 190 valence electrons. The number of carbonyl (C=O) groups excluding carboxylic acids is 2. The number of halogens is 1. The van der Waals surface area contributed by atoms with E-state index >= 15 is 0 Å². The van der Waals surface area contributed by atoms with E-state index in [1.165, 1.54) is 6.08 Å². The highest BCUT2D eigenvalue weighted by atomic mass is 35.5. The first-order valence-corrected chi connectivity index (χ1v) is 12.2. The van der Waals surface area contributed by atoms with E-state index in [0.29, 0.717) is 67.2 Å². The van der Waals surface area contributed by atoms with Crippen LogP contribution in [0.2, 0.25) is 5.02 Å². The van der Waals surface area contributed by atoms with Crippen LogP contribution in [0, 0.1) is 0 Å². The van der Waals surface area contributed by atoms with E-state index in [0.717, 1.165) is 16.7 Å². The molecule has 11 heteroatoms. The van der Waals surface area contributed by atoms with Crippen molar-refractivity contribution in [3.8, 4) is 17.0 Å². The molecular weight excluding hydrogens is 496 g/mol. The monoisotopic (exact) mass is 520 g/mol. The molecule has 1 atom stereocenters. The number of nitrogen functional groups attached to an aromatic ring is 1. The second kappa shape index (κ2) is 10.9. The number of amides is 2. The maximum atomic E-state index is 12.6. The number of hydrogen-bond acceptors (Lipinski definition) is 8. The van der Waals surface area contributed by atoms with Gasteiger partial charge in [0.2, 0.25) is 5.91 Å². The quantitative estimate of drug-likeness (QED) is 0.473. The number of pyridine rings is 1. The average Bonchev–Trinajstić information content (AvgIpc) is 3.35. The molecule has 0 saturated carbocycles. The molecule has 0 bridgehead atoms. The molecule has 37 heavy (non-hydrogen) atoms. The largest absolute Gasteiger partial charge is 0.486 e. The number of nitrogens with zero attached hydrogens (tertiary/aromatic N) is 4. The summed E-state index contributed by atoms with van der Waals surface area (Å²) in [6, 6.07) is 10.6. The van der Waals surface area contributed by atoms with Crippen molar-refractivity contribution >= 4 is 35.3 Å². The zero-order valence-corrected chi connectivity index (χ0v) is 20.6. The summed E-state index contributed by atoms with van der Waals surface area (Å²) in [6.45, 7) is 2.45. The van der Waals surface area contributed by atoms with E-state index in [1.54, 1.807) is 47.5 Å². The number of aromatic nitrogens is 3. The number of benzene rings is 1. The van der Waals surface area contributed by atoms with E-state index in [2.05, 4.69) is 20.5 Å². The minimum absolute atomic E-state index is 0.160. The third-order valence-electron chi connectivity index (χ3n) is 6.07. The number of rotatable bonds is 6. The van der Waals surface area contributed by atoms with Crippen molar-refractivity contribution in [1.29, 1.82) is 0 Å². The SMILES string of the molecule is Nc1ccc(/C=C/C(=O)NCC2Cc3cc(-c4ccc(C(=O)N5CCOCC5)nn4)cc(Cl)c3O2)cn1. The van der Waals surface area contributed by atoms with Crippen molar-refractivity contribution in [3.05, 3.63) is 70.5 Å². The first-order chi connectivity index (χ1) is 18.0. The minimum Gasteiger partial charge on any atom is -0.486 e. The lowest BCUT2D eigenvalue weighted by atomic mass is 10.0. The molecule has 4 heterocycles. The van der Waals surface area contributed by atoms with Crippen LogP contribution in [0.3, 0.4) is 0 Å². The molecule has 2 aromatic heterocycles. The van der Waals surface area contributed by atoms with Crippen LogP contribution in [0.15, 0.2) is 48.7 Å². The molecule has 1 fully saturated rings. The molecule has 1 saturated heterocycles. The molecule has 1 aromatic carbocycles. The Morgan fingerprint density at radius 1 is 1.16 bits per heavy atom. The van der Waals surface area contributed by atoms with Gasteiger partial charge in [0.25, 0.3) is 5.91 Å². The molecule has 0 radical (unpaired) electrons. The number of nitrogens with one attached hydrogen (secondary N) is 1. The normalized spacial score (nSPS) is 16.9. The summed E-state index contributed by atoms with van der Waals surface area (Å²) in [7, 11) is 0. The molecule has 2 aliphatic heterocycles. The van der Waals surface area contributed by atoms with Crippen LogP contribution in [-0.4, -0.2) is 70.8 Å².